The van der Waals surface area contributed by atoms with E-state index in [2.05, 4.69) is 27.3 Å². The summed E-state index contributed by atoms with van der Waals surface area (Å²) in [5, 5.41) is 3.78. The van der Waals surface area contributed by atoms with Gasteiger partial charge in [-0.1, -0.05) is 5.16 Å². The van der Waals surface area contributed by atoms with Gasteiger partial charge in [-0.25, -0.2) is 4.98 Å². The van der Waals surface area contributed by atoms with Gasteiger partial charge in [0.25, 0.3) is 0 Å². The minimum Gasteiger partial charge on any atom is -0.364 e. The zero-order chi connectivity index (χ0) is 15.2. The Morgan fingerprint density at radius 2 is 2.00 bits per heavy atom. The summed E-state index contributed by atoms with van der Waals surface area (Å²) in [4.78, 5) is 10.9. The molecule has 3 aromatic heterocycles. The fourth-order valence-corrected chi connectivity index (χ4v) is 3.84. The van der Waals surface area contributed by atoms with Gasteiger partial charge >= 0.3 is 0 Å². The summed E-state index contributed by atoms with van der Waals surface area (Å²) >= 11 is 0. The lowest BCUT2D eigenvalue weighted by atomic mass is 9.90. The first-order valence-electron chi connectivity index (χ1n) is 8.50. The van der Waals surface area contributed by atoms with Crippen molar-refractivity contribution in [3.05, 3.63) is 36.4 Å². The Kier molecular flexibility index (Phi) is 3.01. The Hall–Kier alpha value is -2.14. The van der Waals surface area contributed by atoms with Crippen LogP contribution >= 0.6 is 0 Å². The first-order chi connectivity index (χ1) is 11.4. The highest BCUT2D eigenvalue weighted by Crippen LogP contribution is 2.37. The molecule has 3 aromatic rings. The highest BCUT2D eigenvalue weighted by atomic mass is 16.5. The molecule has 1 saturated heterocycles. The topological polar surface area (TPSA) is 58.0 Å². The van der Waals surface area contributed by atoms with Gasteiger partial charge < -0.3 is 14.4 Å². The summed E-state index contributed by atoms with van der Waals surface area (Å²) in [5.74, 6) is 0.615. The van der Waals surface area contributed by atoms with E-state index in [1.54, 1.807) is 12.5 Å². The Morgan fingerprint density at radius 1 is 1.13 bits per heavy atom. The molecule has 0 spiro atoms. The Labute approximate surface area is 134 Å². The summed E-state index contributed by atoms with van der Waals surface area (Å²) < 4.78 is 4.95. The summed E-state index contributed by atoms with van der Waals surface area (Å²) in [5.41, 5.74) is 5.45. The van der Waals surface area contributed by atoms with Crippen LogP contribution in [0.15, 0.2) is 35.3 Å². The molecular formula is C18H20N4O. The van der Waals surface area contributed by atoms with Crippen molar-refractivity contribution in [1.82, 2.24) is 20.0 Å². The number of fused-ring (bicyclic) bond motifs is 1. The maximum atomic E-state index is 4.95. The van der Waals surface area contributed by atoms with Gasteiger partial charge in [0.15, 0.2) is 0 Å². The second-order valence-corrected chi connectivity index (χ2v) is 6.79. The first-order valence-corrected chi connectivity index (χ1v) is 8.50. The zero-order valence-electron chi connectivity index (χ0n) is 13.0. The van der Waals surface area contributed by atoms with Gasteiger partial charge in [-0.3, -0.25) is 0 Å². The van der Waals surface area contributed by atoms with Gasteiger partial charge in [-0.05, 0) is 62.4 Å². The monoisotopic (exact) mass is 308 g/mol. The number of hydrogen-bond donors (Lipinski definition) is 1. The molecule has 4 heterocycles. The number of H-pyrrole nitrogens is 1. The van der Waals surface area contributed by atoms with Gasteiger partial charge in [0.1, 0.15) is 6.26 Å². The van der Waals surface area contributed by atoms with Crippen molar-refractivity contribution in [1.29, 1.82) is 0 Å². The van der Waals surface area contributed by atoms with Gasteiger partial charge in [0, 0.05) is 12.2 Å². The first kappa shape index (κ1) is 13.3. The average Bonchev–Trinajstić information content (AvgIpc) is 3.14. The summed E-state index contributed by atoms with van der Waals surface area (Å²) in [6, 6.07) is 5.01. The molecule has 5 rings (SSSR count). The SMILES string of the molecule is c1nocc1-c1ccc2[nH]cc(C3CCN(C4CC4)CC3)c2n1. The molecule has 1 aliphatic heterocycles. The number of hydrogen-bond acceptors (Lipinski definition) is 4. The quantitative estimate of drug-likeness (QED) is 0.804. The molecule has 0 bridgehead atoms. The number of nitrogens with zero attached hydrogens (tertiary/aromatic N) is 3. The largest absolute Gasteiger partial charge is 0.364 e. The van der Waals surface area contributed by atoms with E-state index in [1.165, 1.54) is 44.3 Å². The number of aromatic amines is 1. The predicted octanol–water partition coefficient (Wildman–Crippen LogP) is 3.56. The van der Waals surface area contributed by atoms with Gasteiger partial charge in [-0.15, -0.1) is 0 Å². The number of rotatable bonds is 3. The smallest absolute Gasteiger partial charge is 0.133 e. The molecule has 1 saturated carbocycles. The van der Waals surface area contributed by atoms with Gasteiger partial charge in [0.05, 0.1) is 28.5 Å². The fourth-order valence-electron chi connectivity index (χ4n) is 3.84. The number of nitrogens with one attached hydrogen (secondary N) is 1. The van der Waals surface area contributed by atoms with Crippen LogP contribution in [0.1, 0.15) is 37.2 Å². The standard InChI is InChI=1S/C18H20N4O/c1-2-14(1)22-7-5-12(6-8-22)15-10-19-17-4-3-16(21-18(15)17)13-9-20-23-11-13/h3-4,9-12,14,19H,1-2,5-8H2. The number of aromatic nitrogens is 3. The third kappa shape index (κ3) is 2.36. The van der Waals surface area contributed by atoms with E-state index >= 15 is 0 Å². The molecule has 5 nitrogen and oxygen atoms in total. The molecule has 5 heteroatoms. The Balaban J connectivity index is 1.45. The molecule has 0 amide bonds. The van der Waals surface area contributed by atoms with Crippen LogP contribution in [-0.4, -0.2) is 39.2 Å². The fraction of sp³-hybridized carbons (Fsp3) is 0.444. The van der Waals surface area contributed by atoms with Crippen molar-refractivity contribution < 1.29 is 4.52 Å². The predicted molar refractivity (Wildman–Crippen MR) is 88.2 cm³/mol. The third-order valence-electron chi connectivity index (χ3n) is 5.31. The van der Waals surface area contributed by atoms with Crippen LogP contribution in [0.2, 0.25) is 0 Å². The lowest BCUT2D eigenvalue weighted by molar-refractivity contribution is 0.204. The molecule has 1 aliphatic carbocycles. The Morgan fingerprint density at radius 3 is 2.74 bits per heavy atom. The van der Waals surface area contributed by atoms with Crippen molar-refractivity contribution in [2.75, 3.05) is 13.1 Å². The highest BCUT2D eigenvalue weighted by molar-refractivity contribution is 5.82. The van der Waals surface area contributed by atoms with Crippen LogP contribution in [-0.2, 0) is 0 Å². The van der Waals surface area contributed by atoms with Gasteiger partial charge in [0.2, 0.25) is 0 Å². The van der Waals surface area contributed by atoms with Crippen LogP contribution in [0.5, 0.6) is 0 Å². The number of likely N-dealkylation sites (tertiary alicyclic amines) is 1. The van der Waals surface area contributed by atoms with E-state index in [4.69, 9.17) is 9.51 Å². The van der Waals surface area contributed by atoms with Crippen molar-refractivity contribution in [2.45, 2.75) is 37.6 Å². The van der Waals surface area contributed by atoms with E-state index in [0.717, 1.165) is 28.3 Å². The van der Waals surface area contributed by atoms with Crippen molar-refractivity contribution in [3.8, 4) is 11.3 Å². The molecule has 23 heavy (non-hydrogen) atoms. The molecule has 1 N–H and O–H groups in total. The lowest BCUT2D eigenvalue weighted by Crippen LogP contribution is -2.34. The summed E-state index contributed by atoms with van der Waals surface area (Å²) in [6.45, 7) is 2.46. The molecule has 2 fully saturated rings. The van der Waals surface area contributed by atoms with E-state index in [-0.39, 0.29) is 0 Å². The van der Waals surface area contributed by atoms with Crippen LogP contribution < -0.4 is 0 Å². The Bertz CT molecular complexity index is 811. The number of piperidine rings is 1. The summed E-state index contributed by atoms with van der Waals surface area (Å²) in [7, 11) is 0. The molecule has 0 unspecified atom stereocenters. The third-order valence-corrected chi connectivity index (χ3v) is 5.31. The number of pyridine rings is 1. The molecular weight excluding hydrogens is 288 g/mol. The van der Waals surface area contributed by atoms with E-state index in [0.29, 0.717) is 5.92 Å². The maximum Gasteiger partial charge on any atom is 0.133 e. The van der Waals surface area contributed by atoms with Crippen LogP contribution in [0.3, 0.4) is 0 Å². The molecule has 0 atom stereocenters. The van der Waals surface area contributed by atoms with Crippen molar-refractivity contribution in [2.24, 2.45) is 0 Å². The molecule has 118 valence electrons. The maximum absolute atomic E-state index is 4.95. The molecule has 0 aromatic carbocycles. The van der Waals surface area contributed by atoms with Crippen molar-refractivity contribution >= 4 is 11.0 Å². The normalized spacial score (nSPS) is 20.3. The minimum atomic E-state index is 0.615. The summed E-state index contributed by atoms with van der Waals surface area (Å²) in [6.07, 6.45) is 10.8. The van der Waals surface area contributed by atoms with Gasteiger partial charge in [-0.2, -0.15) is 0 Å². The van der Waals surface area contributed by atoms with Crippen molar-refractivity contribution in [3.63, 3.8) is 0 Å². The lowest BCUT2D eigenvalue weighted by Gasteiger charge is -2.31. The highest BCUT2D eigenvalue weighted by Gasteiger charge is 2.32. The average molecular weight is 308 g/mol. The van der Waals surface area contributed by atoms with Crippen LogP contribution in [0.4, 0.5) is 0 Å². The second kappa shape index (κ2) is 5.20. The van der Waals surface area contributed by atoms with Crippen LogP contribution in [0.25, 0.3) is 22.3 Å². The van der Waals surface area contributed by atoms with E-state index < -0.39 is 0 Å². The molecule has 0 radical (unpaired) electrons. The zero-order valence-corrected chi connectivity index (χ0v) is 13.0. The second-order valence-electron chi connectivity index (χ2n) is 6.79. The minimum absolute atomic E-state index is 0.615. The molecule has 2 aliphatic rings. The van der Waals surface area contributed by atoms with E-state index in [1.807, 2.05) is 6.07 Å². The van der Waals surface area contributed by atoms with E-state index in [9.17, 15) is 0 Å². The van der Waals surface area contributed by atoms with Crippen LogP contribution in [0, 0.1) is 0 Å².